The van der Waals surface area contributed by atoms with Crippen molar-refractivity contribution in [3.8, 4) is 0 Å². The molecule has 2 N–H and O–H groups in total. The predicted molar refractivity (Wildman–Crippen MR) is 107 cm³/mol. The monoisotopic (exact) mass is 339 g/mol. The molecule has 2 heteroatoms. The fourth-order valence-electron chi connectivity index (χ4n) is 5.00. The van der Waals surface area contributed by atoms with Crippen molar-refractivity contribution in [1.29, 1.82) is 0 Å². The molecule has 0 aliphatic heterocycles. The van der Waals surface area contributed by atoms with E-state index in [0.717, 1.165) is 19.3 Å². The molecule has 1 heterocycles. The van der Waals surface area contributed by atoms with Gasteiger partial charge in [-0.05, 0) is 74.8 Å². The van der Waals surface area contributed by atoms with Gasteiger partial charge < -0.3 is 10.1 Å². The summed E-state index contributed by atoms with van der Waals surface area (Å²) in [6, 6.07) is 8.63. The van der Waals surface area contributed by atoms with Crippen LogP contribution >= 0.6 is 0 Å². The molecule has 2 aromatic rings. The zero-order chi connectivity index (χ0) is 18.0. The number of aliphatic hydroxyl groups is 1. The van der Waals surface area contributed by atoms with Crippen LogP contribution in [0.1, 0.15) is 58.9 Å². The second kappa shape index (κ2) is 7.37. The Hall–Kier alpha value is -1.54. The van der Waals surface area contributed by atoms with E-state index in [2.05, 4.69) is 63.1 Å². The summed E-state index contributed by atoms with van der Waals surface area (Å²) in [4.78, 5) is 3.45. The summed E-state index contributed by atoms with van der Waals surface area (Å²) in [5.41, 5.74) is 6.05. The van der Waals surface area contributed by atoms with Crippen molar-refractivity contribution in [2.75, 3.05) is 6.61 Å². The van der Waals surface area contributed by atoms with Gasteiger partial charge in [-0.25, -0.2) is 0 Å². The minimum absolute atomic E-state index is 0.241. The molecule has 0 saturated heterocycles. The Morgan fingerprint density at radius 1 is 1.28 bits per heavy atom. The van der Waals surface area contributed by atoms with Gasteiger partial charge in [0.2, 0.25) is 0 Å². The van der Waals surface area contributed by atoms with Gasteiger partial charge in [0.1, 0.15) is 0 Å². The lowest BCUT2D eigenvalue weighted by Crippen LogP contribution is -2.41. The van der Waals surface area contributed by atoms with Gasteiger partial charge in [-0.2, -0.15) is 0 Å². The number of allylic oxidation sites excluding steroid dienone is 2. The van der Waals surface area contributed by atoms with E-state index in [1.165, 1.54) is 34.9 Å². The Morgan fingerprint density at radius 3 is 2.76 bits per heavy atom. The zero-order valence-electron chi connectivity index (χ0n) is 16.2. The van der Waals surface area contributed by atoms with E-state index in [9.17, 15) is 5.11 Å². The van der Waals surface area contributed by atoms with Gasteiger partial charge in [-0.15, -0.1) is 0 Å². The molecule has 1 fully saturated rings. The molecule has 136 valence electrons. The van der Waals surface area contributed by atoms with Crippen LogP contribution in [0.4, 0.5) is 0 Å². The summed E-state index contributed by atoms with van der Waals surface area (Å²) in [6.07, 6.45) is 7.81. The molecule has 25 heavy (non-hydrogen) atoms. The Balaban J connectivity index is 2.00. The zero-order valence-corrected chi connectivity index (χ0v) is 16.2. The van der Waals surface area contributed by atoms with E-state index < -0.39 is 0 Å². The summed E-state index contributed by atoms with van der Waals surface area (Å²) in [5.74, 6) is 1.26. The lowest BCUT2D eigenvalue weighted by atomic mass is 9.56. The highest BCUT2D eigenvalue weighted by molar-refractivity contribution is 5.83. The number of para-hydroxylation sites is 1. The summed E-state index contributed by atoms with van der Waals surface area (Å²) >= 11 is 0. The summed E-state index contributed by atoms with van der Waals surface area (Å²) in [6.45, 7) is 9.75. The smallest absolute Gasteiger partial charge is 0.0456 e. The highest BCUT2D eigenvalue weighted by atomic mass is 16.2. The van der Waals surface area contributed by atoms with Crippen LogP contribution in [0.25, 0.3) is 10.9 Å². The van der Waals surface area contributed by atoms with Crippen molar-refractivity contribution in [2.45, 2.75) is 59.8 Å². The molecule has 0 radical (unpaired) electrons. The van der Waals surface area contributed by atoms with Gasteiger partial charge in [0.15, 0.2) is 0 Å². The van der Waals surface area contributed by atoms with E-state index in [1.807, 2.05) is 0 Å². The Labute approximate surface area is 152 Å². The normalized spacial score (nSPS) is 27.0. The van der Waals surface area contributed by atoms with Crippen molar-refractivity contribution >= 4 is 10.9 Å². The highest BCUT2D eigenvalue weighted by Gasteiger charge is 2.44. The van der Waals surface area contributed by atoms with E-state index in [0.29, 0.717) is 18.4 Å². The van der Waals surface area contributed by atoms with Crippen LogP contribution < -0.4 is 0 Å². The van der Waals surface area contributed by atoms with Gasteiger partial charge in [-0.1, -0.05) is 43.2 Å². The molecule has 0 spiro atoms. The lowest BCUT2D eigenvalue weighted by molar-refractivity contribution is 0.0777. The molecule has 3 rings (SSSR count). The fourth-order valence-corrected chi connectivity index (χ4v) is 5.00. The minimum atomic E-state index is 0.241. The molecular weight excluding hydrogens is 306 g/mol. The van der Waals surface area contributed by atoms with Gasteiger partial charge in [0, 0.05) is 23.7 Å². The molecule has 1 saturated carbocycles. The molecule has 0 amide bonds. The number of hydrogen-bond acceptors (Lipinski definition) is 1. The van der Waals surface area contributed by atoms with Crippen LogP contribution in [-0.2, 0) is 6.42 Å². The van der Waals surface area contributed by atoms with Crippen molar-refractivity contribution < 1.29 is 5.11 Å². The molecule has 1 aromatic heterocycles. The van der Waals surface area contributed by atoms with E-state index >= 15 is 0 Å². The predicted octanol–water partition coefficient (Wildman–Crippen LogP) is 5.87. The molecule has 1 aromatic carbocycles. The molecule has 0 unspecified atom stereocenters. The Morgan fingerprint density at radius 2 is 2.04 bits per heavy atom. The average Bonchev–Trinajstić information content (AvgIpc) is 2.99. The van der Waals surface area contributed by atoms with E-state index in [4.69, 9.17) is 0 Å². The second-order valence-corrected chi connectivity index (χ2v) is 8.43. The van der Waals surface area contributed by atoms with Crippen molar-refractivity contribution in [3.05, 3.63) is 47.2 Å². The quantitative estimate of drug-likeness (QED) is 0.656. The van der Waals surface area contributed by atoms with Crippen LogP contribution in [0, 0.1) is 17.3 Å². The maximum atomic E-state index is 9.43. The van der Waals surface area contributed by atoms with Crippen LogP contribution in [0.3, 0.4) is 0 Å². The first kappa shape index (κ1) is 18.3. The van der Waals surface area contributed by atoms with Crippen molar-refractivity contribution in [3.63, 3.8) is 0 Å². The van der Waals surface area contributed by atoms with Gasteiger partial charge in [0.25, 0.3) is 0 Å². The van der Waals surface area contributed by atoms with Gasteiger partial charge in [-0.3, -0.25) is 0 Å². The SMILES string of the molecule is CC(C)=C1CC[C@@H](C)[C@@](C)(Cc2c[nH]c3ccccc23)[C@@H]1CCCO. The largest absolute Gasteiger partial charge is 0.396 e. The second-order valence-electron chi connectivity index (χ2n) is 8.43. The highest BCUT2D eigenvalue weighted by Crippen LogP contribution is 2.52. The molecule has 3 atom stereocenters. The topological polar surface area (TPSA) is 36.0 Å². The number of hydrogen-bond donors (Lipinski definition) is 2. The maximum Gasteiger partial charge on any atom is 0.0456 e. The summed E-state index contributed by atoms with van der Waals surface area (Å²) in [5, 5.41) is 10.8. The number of benzene rings is 1. The molecule has 1 aliphatic rings. The number of aromatic amines is 1. The van der Waals surface area contributed by atoms with Crippen LogP contribution in [0.2, 0.25) is 0 Å². The molecule has 2 nitrogen and oxygen atoms in total. The number of nitrogens with one attached hydrogen (secondary N) is 1. The first-order valence-corrected chi connectivity index (χ1v) is 9.79. The van der Waals surface area contributed by atoms with Gasteiger partial charge >= 0.3 is 0 Å². The maximum absolute atomic E-state index is 9.43. The molecule has 0 bridgehead atoms. The van der Waals surface area contributed by atoms with Crippen LogP contribution in [0.15, 0.2) is 41.6 Å². The fraction of sp³-hybridized carbons (Fsp3) is 0.565. The van der Waals surface area contributed by atoms with E-state index in [-0.39, 0.29) is 5.41 Å². The third kappa shape index (κ3) is 3.42. The lowest BCUT2D eigenvalue weighted by Gasteiger charge is -2.49. The van der Waals surface area contributed by atoms with E-state index in [1.54, 1.807) is 5.57 Å². The van der Waals surface area contributed by atoms with Crippen molar-refractivity contribution in [1.82, 2.24) is 4.98 Å². The standard InChI is InChI=1S/C23H33NO/c1-16(2)19-12-11-17(3)23(4,21(19)9-7-13-25)14-18-15-24-22-10-6-5-8-20(18)22/h5-6,8,10,15,17,21,24-25H,7,9,11-14H2,1-4H3/t17-,21-,23-/m1/s1. The summed E-state index contributed by atoms with van der Waals surface area (Å²) < 4.78 is 0. The third-order valence-electron chi connectivity index (χ3n) is 6.73. The molecule has 1 aliphatic carbocycles. The number of rotatable bonds is 5. The third-order valence-corrected chi connectivity index (χ3v) is 6.73. The number of fused-ring (bicyclic) bond motifs is 1. The number of aliphatic hydroxyl groups excluding tert-OH is 1. The first-order chi connectivity index (χ1) is 12.0. The molecular formula is C23H33NO. The van der Waals surface area contributed by atoms with Crippen LogP contribution in [-0.4, -0.2) is 16.7 Å². The Bertz CT molecular complexity index is 752. The Kier molecular flexibility index (Phi) is 5.38. The van der Waals surface area contributed by atoms with Gasteiger partial charge in [0.05, 0.1) is 0 Å². The first-order valence-electron chi connectivity index (χ1n) is 9.79. The number of H-pyrrole nitrogens is 1. The number of aromatic nitrogens is 1. The average molecular weight is 340 g/mol. The van der Waals surface area contributed by atoms with Crippen molar-refractivity contribution in [2.24, 2.45) is 17.3 Å². The summed E-state index contributed by atoms with van der Waals surface area (Å²) in [7, 11) is 0. The minimum Gasteiger partial charge on any atom is -0.396 e. The van der Waals surface area contributed by atoms with Crippen LogP contribution in [0.5, 0.6) is 0 Å².